The Morgan fingerprint density at radius 1 is 1.20 bits per heavy atom. The first kappa shape index (κ1) is 24.9. The van der Waals surface area contributed by atoms with Crippen LogP contribution in [0.25, 0.3) is 0 Å². The summed E-state index contributed by atoms with van der Waals surface area (Å²) in [6.07, 6.45) is 4.25. The molecule has 2 aliphatic rings. The topological polar surface area (TPSA) is 57.2 Å². The molecule has 6 nitrogen and oxygen atoms in total. The van der Waals surface area contributed by atoms with E-state index < -0.39 is 0 Å². The van der Waals surface area contributed by atoms with E-state index in [1.807, 2.05) is 14.0 Å². The molecule has 2 aliphatic heterocycles. The molecule has 0 aliphatic carbocycles. The summed E-state index contributed by atoms with van der Waals surface area (Å²) in [5.41, 5.74) is 1.41. The number of nitrogens with zero attached hydrogens (tertiary/aromatic N) is 3. The number of carbonyl (C=O) groups is 1. The summed E-state index contributed by atoms with van der Waals surface area (Å²) in [5, 5.41) is 3.56. The van der Waals surface area contributed by atoms with Gasteiger partial charge in [-0.3, -0.25) is 9.79 Å². The largest absolute Gasteiger partial charge is 0.466 e. The van der Waals surface area contributed by atoms with Gasteiger partial charge in [0.05, 0.1) is 12.5 Å². The van der Waals surface area contributed by atoms with Gasteiger partial charge in [-0.15, -0.1) is 24.0 Å². The second-order valence-electron chi connectivity index (χ2n) is 8.16. The van der Waals surface area contributed by atoms with Gasteiger partial charge in [-0.05, 0) is 50.6 Å². The summed E-state index contributed by atoms with van der Waals surface area (Å²) in [4.78, 5) is 21.4. The third-order valence-electron chi connectivity index (χ3n) is 6.03. The van der Waals surface area contributed by atoms with E-state index in [1.165, 1.54) is 18.5 Å². The van der Waals surface area contributed by atoms with Crippen molar-refractivity contribution in [3.05, 3.63) is 35.9 Å². The number of aliphatic imine (C=N–C) groups is 1. The van der Waals surface area contributed by atoms with Crippen molar-refractivity contribution in [1.29, 1.82) is 0 Å². The zero-order valence-electron chi connectivity index (χ0n) is 18.4. The van der Waals surface area contributed by atoms with Crippen molar-refractivity contribution in [3.63, 3.8) is 0 Å². The number of carbonyl (C=O) groups excluding carboxylic acids is 1. The lowest BCUT2D eigenvalue weighted by atomic mass is 9.98. The minimum absolute atomic E-state index is 0. The van der Waals surface area contributed by atoms with E-state index in [0.29, 0.717) is 19.1 Å². The van der Waals surface area contributed by atoms with Gasteiger partial charge in [0, 0.05) is 39.8 Å². The van der Waals surface area contributed by atoms with Gasteiger partial charge in [0.2, 0.25) is 0 Å². The number of rotatable bonds is 7. The molecule has 3 rings (SSSR count). The standard InChI is InChI=1S/C23H36N4O2.HI/c1-3-29-22(28)21-10-7-13-27(18-21)23(24-2)25-16-20-12-15-26(17-20)14-11-19-8-5-4-6-9-19;/h4-6,8-9,20-21H,3,7,10-18H2,1-2H3,(H,24,25);1H. The summed E-state index contributed by atoms with van der Waals surface area (Å²) in [7, 11) is 1.83. The lowest BCUT2D eigenvalue weighted by Crippen LogP contribution is -2.49. The molecule has 2 atom stereocenters. The van der Waals surface area contributed by atoms with E-state index >= 15 is 0 Å². The molecule has 1 aromatic carbocycles. The lowest BCUT2D eigenvalue weighted by Gasteiger charge is -2.34. The van der Waals surface area contributed by atoms with Crippen molar-refractivity contribution in [2.45, 2.75) is 32.6 Å². The molecule has 2 heterocycles. The highest BCUT2D eigenvalue weighted by Crippen LogP contribution is 2.19. The molecule has 30 heavy (non-hydrogen) atoms. The molecule has 168 valence electrons. The first-order chi connectivity index (χ1) is 14.2. The SMILES string of the molecule is CCOC(=O)C1CCCN(C(=NC)NCC2CCN(CCc3ccccc3)C2)C1.I. The molecule has 0 amide bonds. The summed E-state index contributed by atoms with van der Waals surface area (Å²) in [6.45, 7) is 8.34. The van der Waals surface area contributed by atoms with E-state index in [2.05, 4.69) is 50.4 Å². The summed E-state index contributed by atoms with van der Waals surface area (Å²) in [6, 6.07) is 10.7. The third-order valence-corrected chi connectivity index (χ3v) is 6.03. The second kappa shape index (κ2) is 13.1. The number of esters is 1. The maximum Gasteiger partial charge on any atom is 0.310 e. The Kier molecular flexibility index (Phi) is 10.9. The van der Waals surface area contributed by atoms with E-state index in [1.54, 1.807) is 0 Å². The number of hydrogen-bond donors (Lipinski definition) is 1. The van der Waals surface area contributed by atoms with Crippen LogP contribution >= 0.6 is 24.0 Å². The summed E-state index contributed by atoms with van der Waals surface area (Å²) < 4.78 is 5.22. The van der Waals surface area contributed by atoms with Gasteiger partial charge in [-0.25, -0.2) is 0 Å². The van der Waals surface area contributed by atoms with E-state index in [4.69, 9.17) is 4.74 Å². The second-order valence-corrected chi connectivity index (χ2v) is 8.16. The number of likely N-dealkylation sites (tertiary alicyclic amines) is 2. The van der Waals surface area contributed by atoms with Crippen LogP contribution in [0, 0.1) is 11.8 Å². The van der Waals surface area contributed by atoms with Crippen LogP contribution in [0.5, 0.6) is 0 Å². The quantitative estimate of drug-likeness (QED) is 0.255. The predicted octanol–water partition coefficient (Wildman–Crippen LogP) is 3.02. The number of piperidine rings is 1. The van der Waals surface area contributed by atoms with Gasteiger partial charge >= 0.3 is 5.97 Å². The van der Waals surface area contributed by atoms with Crippen LogP contribution in [-0.2, 0) is 16.0 Å². The molecule has 2 fully saturated rings. The van der Waals surface area contributed by atoms with E-state index in [9.17, 15) is 4.79 Å². The number of hydrogen-bond acceptors (Lipinski definition) is 4. The first-order valence-electron chi connectivity index (χ1n) is 11.1. The molecular weight excluding hydrogens is 491 g/mol. The fourth-order valence-corrected chi connectivity index (χ4v) is 4.40. The normalized spacial score (nSPS) is 22.5. The van der Waals surface area contributed by atoms with Gasteiger partial charge in [0.1, 0.15) is 0 Å². The van der Waals surface area contributed by atoms with Crippen LogP contribution in [0.4, 0.5) is 0 Å². The minimum atomic E-state index is -0.0718. The van der Waals surface area contributed by atoms with Gasteiger partial charge < -0.3 is 19.9 Å². The van der Waals surface area contributed by atoms with Crippen LogP contribution in [0.15, 0.2) is 35.3 Å². The highest BCUT2D eigenvalue weighted by molar-refractivity contribution is 14.0. The summed E-state index contributed by atoms with van der Waals surface area (Å²) in [5.74, 6) is 1.45. The Balaban J connectivity index is 0.00000320. The van der Waals surface area contributed by atoms with Crippen LogP contribution in [0.2, 0.25) is 0 Å². The Morgan fingerprint density at radius 2 is 2.00 bits per heavy atom. The van der Waals surface area contributed by atoms with Gasteiger partial charge in [0.25, 0.3) is 0 Å². The molecule has 0 bridgehead atoms. The summed E-state index contributed by atoms with van der Waals surface area (Å²) >= 11 is 0. The number of halogens is 1. The Bertz CT molecular complexity index is 670. The molecule has 1 N–H and O–H groups in total. The van der Waals surface area contributed by atoms with Crippen LogP contribution in [0.3, 0.4) is 0 Å². The van der Waals surface area contributed by atoms with Crippen molar-refractivity contribution in [3.8, 4) is 0 Å². The molecule has 0 aromatic heterocycles. The van der Waals surface area contributed by atoms with Crippen LogP contribution < -0.4 is 5.32 Å². The molecule has 2 unspecified atom stereocenters. The first-order valence-corrected chi connectivity index (χ1v) is 11.1. The zero-order chi connectivity index (χ0) is 20.5. The molecule has 7 heteroatoms. The molecular formula is C23H37IN4O2. The Morgan fingerprint density at radius 3 is 2.73 bits per heavy atom. The molecule has 0 saturated carbocycles. The Hall–Kier alpha value is -1.35. The van der Waals surface area contributed by atoms with Crippen molar-refractivity contribution < 1.29 is 9.53 Å². The zero-order valence-corrected chi connectivity index (χ0v) is 20.7. The fraction of sp³-hybridized carbons (Fsp3) is 0.652. The number of ether oxygens (including phenoxy) is 1. The predicted molar refractivity (Wildman–Crippen MR) is 132 cm³/mol. The van der Waals surface area contributed by atoms with Crippen molar-refractivity contribution >= 4 is 35.9 Å². The number of guanidine groups is 1. The minimum Gasteiger partial charge on any atom is -0.466 e. The third kappa shape index (κ3) is 7.41. The monoisotopic (exact) mass is 528 g/mol. The van der Waals surface area contributed by atoms with Crippen molar-refractivity contribution in [2.75, 3.05) is 52.9 Å². The molecule has 2 saturated heterocycles. The fourth-order valence-electron chi connectivity index (χ4n) is 4.40. The van der Waals surface area contributed by atoms with Gasteiger partial charge in [-0.2, -0.15) is 0 Å². The van der Waals surface area contributed by atoms with Crippen LogP contribution in [-0.4, -0.2) is 74.7 Å². The number of benzene rings is 1. The lowest BCUT2D eigenvalue weighted by molar-refractivity contribution is -0.149. The average molecular weight is 528 g/mol. The highest BCUT2D eigenvalue weighted by Gasteiger charge is 2.29. The average Bonchev–Trinajstić information content (AvgIpc) is 3.22. The Labute approximate surface area is 198 Å². The number of nitrogens with one attached hydrogen (secondary N) is 1. The van der Waals surface area contributed by atoms with Gasteiger partial charge in [0.15, 0.2) is 5.96 Å². The van der Waals surface area contributed by atoms with Crippen LogP contribution in [0.1, 0.15) is 31.7 Å². The molecule has 1 aromatic rings. The van der Waals surface area contributed by atoms with Crippen molar-refractivity contribution in [1.82, 2.24) is 15.1 Å². The van der Waals surface area contributed by atoms with E-state index in [0.717, 1.165) is 51.4 Å². The maximum absolute atomic E-state index is 12.1. The highest BCUT2D eigenvalue weighted by atomic mass is 127. The van der Waals surface area contributed by atoms with Gasteiger partial charge in [-0.1, -0.05) is 30.3 Å². The van der Waals surface area contributed by atoms with E-state index in [-0.39, 0.29) is 35.9 Å². The molecule has 0 radical (unpaired) electrons. The maximum atomic E-state index is 12.1. The smallest absolute Gasteiger partial charge is 0.310 e. The molecule has 0 spiro atoms. The van der Waals surface area contributed by atoms with Crippen molar-refractivity contribution in [2.24, 2.45) is 16.8 Å².